The maximum atomic E-state index is 14.5. The molecule has 0 aliphatic heterocycles. The fraction of sp³-hybridized carbons (Fsp3) is 0.257. The highest BCUT2D eigenvalue weighted by atomic mass is 35.5. The van der Waals surface area contributed by atoms with Gasteiger partial charge in [-0.1, -0.05) is 90.6 Å². The van der Waals surface area contributed by atoms with E-state index in [1.165, 1.54) is 29.2 Å². The zero-order chi connectivity index (χ0) is 33.3. The van der Waals surface area contributed by atoms with Crippen molar-refractivity contribution < 1.29 is 22.4 Å². The summed E-state index contributed by atoms with van der Waals surface area (Å²) >= 11 is 12.7. The third kappa shape index (κ3) is 9.09. The quantitative estimate of drug-likeness (QED) is 0.143. The highest BCUT2D eigenvalue weighted by Gasteiger charge is 2.35. The smallest absolute Gasteiger partial charge is 0.264 e. The van der Waals surface area contributed by atoms with Crippen LogP contribution in [0.2, 0.25) is 10.0 Å². The molecule has 242 valence electrons. The number of benzene rings is 4. The lowest BCUT2D eigenvalue weighted by Gasteiger charge is -2.34. The SMILES string of the molecule is CCCCNC(=O)[C@H](Cc1ccccc1)N(Cc1ccc(Cl)cc1Cl)C(=O)CN(c1ccc(F)cc1)S(=O)(=O)c1ccc(C)cc1. The predicted molar refractivity (Wildman–Crippen MR) is 181 cm³/mol. The van der Waals surface area contributed by atoms with Crippen LogP contribution < -0.4 is 9.62 Å². The van der Waals surface area contributed by atoms with Crippen molar-refractivity contribution in [1.82, 2.24) is 10.2 Å². The first-order chi connectivity index (χ1) is 22.0. The van der Waals surface area contributed by atoms with Gasteiger partial charge < -0.3 is 10.2 Å². The molecule has 0 fully saturated rings. The van der Waals surface area contributed by atoms with Gasteiger partial charge >= 0.3 is 0 Å². The molecular weight excluding hydrogens is 648 g/mol. The third-order valence-electron chi connectivity index (χ3n) is 7.46. The van der Waals surface area contributed by atoms with Gasteiger partial charge in [-0.2, -0.15) is 0 Å². The first kappa shape index (κ1) is 34.9. The minimum absolute atomic E-state index is 0.0411. The van der Waals surface area contributed by atoms with Gasteiger partial charge in [0.2, 0.25) is 11.8 Å². The van der Waals surface area contributed by atoms with Crippen molar-refractivity contribution in [2.45, 2.75) is 50.6 Å². The molecule has 0 heterocycles. The van der Waals surface area contributed by atoms with Crippen molar-refractivity contribution in [3.05, 3.63) is 130 Å². The van der Waals surface area contributed by atoms with Gasteiger partial charge in [0.25, 0.3) is 10.0 Å². The van der Waals surface area contributed by atoms with E-state index in [9.17, 15) is 22.4 Å². The molecule has 11 heteroatoms. The Balaban J connectivity index is 1.80. The van der Waals surface area contributed by atoms with Crippen LogP contribution in [-0.2, 0) is 32.6 Å². The summed E-state index contributed by atoms with van der Waals surface area (Å²) in [6, 6.07) is 24.1. The van der Waals surface area contributed by atoms with E-state index in [4.69, 9.17) is 23.2 Å². The summed E-state index contributed by atoms with van der Waals surface area (Å²) in [6.45, 7) is 3.48. The Morgan fingerprint density at radius 1 is 0.913 bits per heavy atom. The van der Waals surface area contributed by atoms with Gasteiger partial charge in [-0.3, -0.25) is 13.9 Å². The molecule has 4 aromatic rings. The lowest BCUT2D eigenvalue weighted by Crippen LogP contribution is -2.53. The third-order valence-corrected chi connectivity index (χ3v) is 9.83. The Morgan fingerprint density at radius 3 is 2.22 bits per heavy atom. The predicted octanol–water partition coefficient (Wildman–Crippen LogP) is 7.19. The molecule has 0 saturated heterocycles. The number of nitrogens with one attached hydrogen (secondary N) is 1. The van der Waals surface area contributed by atoms with E-state index >= 15 is 0 Å². The monoisotopic (exact) mass is 683 g/mol. The summed E-state index contributed by atoms with van der Waals surface area (Å²) in [7, 11) is -4.30. The number of hydrogen-bond acceptors (Lipinski definition) is 4. The van der Waals surface area contributed by atoms with Gasteiger partial charge in [0.1, 0.15) is 18.4 Å². The van der Waals surface area contributed by atoms with Crippen molar-refractivity contribution >= 4 is 50.7 Å². The van der Waals surface area contributed by atoms with Crippen molar-refractivity contribution in [3.63, 3.8) is 0 Å². The number of aryl methyl sites for hydroxylation is 1. The van der Waals surface area contributed by atoms with Gasteiger partial charge in [0.05, 0.1) is 10.6 Å². The van der Waals surface area contributed by atoms with Crippen molar-refractivity contribution in [2.24, 2.45) is 0 Å². The molecule has 0 radical (unpaired) electrons. The normalized spacial score (nSPS) is 11.9. The lowest BCUT2D eigenvalue weighted by molar-refractivity contribution is -0.140. The van der Waals surface area contributed by atoms with Crippen molar-refractivity contribution in [2.75, 3.05) is 17.4 Å². The van der Waals surface area contributed by atoms with Crippen LogP contribution in [0.1, 0.15) is 36.5 Å². The minimum atomic E-state index is -4.30. The van der Waals surface area contributed by atoms with E-state index in [1.54, 1.807) is 30.3 Å². The number of unbranched alkanes of at least 4 members (excludes halogenated alkanes) is 1. The number of anilines is 1. The second kappa shape index (κ2) is 16.1. The van der Waals surface area contributed by atoms with Crippen molar-refractivity contribution in [3.8, 4) is 0 Å². The number of nitrogens with zero attached hydrogens (tertiary/aromatic N) is 2. The molecule has 0 saturated carbocycles. The number of halogens is 3. The molecule has 0 unspecified atom stereocenters. The molecular formula is C35H36Cl2FN3O4S. The molecule has 4 rings (SSSR count). The molecule has 0 aliphatic carbocycles. The highest BCUT2D eigenvalue weighted by molar-refractivity contribution is 7.92. The van der Waals surface area contributed by atoms with E-state index in [0.29, 0.717) is 17.1 Å². The van der Waals surface area contributed by atoms with Gasteiger partial charge in [0.15, 0.2) is 0 Å². The maximum absolute atomic E-state index is 14.5. The van der Waals surface area contributed by atoms with E-state index in [0.717, 1.165) is 40.4 Å². The van der Waals surface area contributed by atoms with E-state index in [1.807, 2.05) is 44.2 Å². The summed E-state index contributed by atoms with van der Waals surface area (Å²) < 4.78 is 43.0. The number of rotatable bonds is 14. The molecule has 1 atom stereocenters. The largest absolute Gasteiger partial charge is 0.354 e. The van der Waals surface area contributed by atoms with Gasteiger partial charge in [-0.15, -0.1) is 0 Å². The van der Waals surface area contributed by atoms with Crippen molar-refractivity contribution in [1.29, 1.82) is 0 Å². The van der Waals surface area contributed by atoms with Gasteiger partial charge in [0, 0.05) is 29.6 Å². The van der Waals surface area contributed by atoms with E-state index in [2.05, 4.69) is 5.32 Å². The Kier molecular flexibility index (Phi) is 12.2. The fourth-order valence-corrected chi connectivity index (χ4v) is 6.75. The first-order valence-corrected chi connectivity index (χ1v) is 17.1. The Labute approximate surface area is 280 Å². The van der Waals surface area contributed by atoms with Crippen LogP contribution >= 0.6 is 23.2 Å². The number of amides is 2. The number of hydrogen-bond donors (Lipinski definition) is 1. The van der Waals surface area contributed by atoms with Crippen LogP contribution in [0, 0.1) is 12.7 Å². The topological polar surface area (TPSA) is 86.8 Å². The molecule has 2 amide bonds. The van der Waals surface area contributed by atoms with E-state index in [-0.39, 0.29) is 34.5 Å². The zero-order valence-electron chi connectivity index (χ0n) is 25.6. The van der Waals surface area contributed by atoms with Crippen LogP contribution in [0.25, 0.3) is 0 Å². The summed E-state index contributed by atoms with van der Waals surface area (Å²) in [5, 5.41) is 3.63. The molecule has 4 aromatic carbocycles. The summed E-state index contributed by atoms with van der Waals surface area (Å²) in [6.07, 6.45) is 1.76. The Morgan fingerprint density at radius 2 is 1.59 bits per heavy atom. The second-order valence-electron chi connectivity index (χ2n) is 10.9. The molecule has 0 aliphatic rings. The molecule has 0 aromatic heterocycles. The van der Waals surface area contributed by atoms with E-state index < -0.39 is 34.3 Å². The number of carbonyl (C=O) groups is 2. The average molecular weight is 685 g/mol. The van der Waals surface area contributed by atoms with Gasteiger partial charge in [-0.05, 0) is 73.0 Å². The van der Waals surface area contributed by atoms with Crippen LogP contribution in [0.5, 0.6) is 0 Å². The second-order valence-corrected chi connectivity index (χ2v) is 13.6. The van der Waals surface area contributed by atoms with Gasteiger partial charge in [-0.25, -0.2) is 12.8 Å². The Hall–Kier alpha value is -3.92. The summed E-state index contributed by atoms with van der Waals surface area (Å²) in [5.41, 5.74) is 2.27. The van der Waals surface area contributed by atoms with Crippen LogP contribution in [0.15, 0.2) is 102 Å². The van der Waals surface area contributed by atoms with Crippen LogP contribution in [0.4, 0.5) is 10.1 Å². The van der Waals surface area contributed by atoms with Crippen LogP contribution in [0.3, 0.4) is 0 Å². The molecule has 1 N–H and O–H groups in total. The average Bonchev–Trinajstić information content (AvgIpc) is 3.03. The molecule has 0 bridgehead atoms. The number of sulfonamides is 1. The zero-order valence-corrected chi connectivity index (χ0v) is 28.0. The minimum Gasteiger partial charge on any atom is -0.354 e. The molecule has 7 nitrogen and oxygen atoms in total. The Bertz CT molecular complexity index is 1740. The molecule has 46 heavy (non-hydrogen) atoms. The summed E-state index contributed by atoms with van der Waals surface area (Å²) in [5.74, 6) is -1.60. The highest BCUT2D eigenvalue weighted by Crippen LogP contribution is 2.27. The summed E-state index contributed by atoms with van der Waals surface area (Å²) in [4.78, 5) is 29.6. The fourth-order valence-electron chi connectivity index (χ4n) is 4.87. The maximum Gasteiger partial charge on any atom is 0.264 e. The molecule has 0 spiro atoms. The first-order valence-electron chi connectivity index (χ1n) is 14.9. The standard InChI is InChI=1S/C35H36Cl2FN3O4S/c1-3-4-20-39-35(43)33(21-26-8-6-5-7-9-26)40(23-27-12-13-28(36)22-32(27)37)34(42)24-41(30-16-14-29(38)15-17-30)46(44,45)31-18-10-25(2)11-19-31/h5-19,22,33H,3-4,20-21,23-24H2,1-2H3,(H,39,43)/t33-/m0/s1. The van der Waals surface area contributed by atoms with Crippen LogP contribution in [-0.4, -0.2) is 44.3 Å². The lowest BCUT2D eigenvalue weighted by atomic mass is 10.0. The number of carbonyl (C=O) groups excluding carboxylic acids is 2.